The van der Waals surface area contributed by atoms with Crippen LogP contribution in [0.3, 0.4) is 0 Å². The van der Waals surface area contributed by atoms with Crippen molar-refractivity contribution < 1.29 is 51.4 Å². The van der Waals surface area contributed by atoms with Crippen LogP contribution in [0.4, 0.5) is 26.7 Å². The van der Waals surface area contributed by atoms with Crippen LogP contribution < -0.4 is 14.5 Å². The predicted octanol–water partition coefficient (Wildman–Crippen LogP) is 8.25. The van der Waals surface area contributed by atoms with E-state index >= 15 is 0 Å². The normalized spacial score (nSPS) is 13.9. The lowest BCUT2D eigenvalue weighted by molar-refractivity contribution is -0.377. The zero-order chi connectivity index (χ0) is 28.2. The number of halogens is 7. The predicted molar refractivity (Wildman–Crippen MR) is 136 cm³/mol. The molecule has 1 aromatic heterocycles. The Morgan fingerprint density at radius 1 is 1.05 bits per heavy atom. The summed E-state index contributed by atoms with van der Waals surface area (Å²) >= 11 is 13.1. The molecule has 6 nitrogen and oxygen atoms in total. The van der Waals surface area contributed by atoms with E-state index in [0.29, 0.717) is 35.4 Å². The van der Waals surface area contributed by atoms with E-state index in [1.807, 2.05) is 0 Å². The Morgan fingerprint density at radius 2 is 1.75 bits per heavy atom. The van der Waals surface area contributed by atoms with Gasteiger partial charge in [0.25, 0.3) is 0 Å². The SMILES string of the molecule is O=C(O[C@@H](Cc1c(Cl)c[nH+]cc1Cl)c1ccc(OC(F)F)c(OCC2CC2)c1)Sc1cccc(C(F)(F)F)c1.[OH-]. The van der Waals surface area contributed by atoms with Gasteiger partial charge in [-0.3, -0.25) is 0 Å². The first-order chi connectivity index (χ1) is 18.5. The first-order valence-electron chi connectivity index (χ1n) is 11.6. The van der Waals surface area contributed by atoms with Crippen molar-refractivity contribution in [2.45, 2.75) is 43.0 Å². The van der Waals surface area contributed by atoms with Crippen molar-refractivity contribution >= 4 is 40.3 Å². The van der Waals surface area contributed by atoms with E-state index in [0.717, 1.165) is 25.0 Å². The molecule has 0 spiro atoms. The molecule has 0 saturated heterocycles. The van der Waals surface area contributed by atoms with Gasteiger partial charge in [0, 0.05) is 16.9 Å². The summed E-state index contributed by atoms with van der Waals surface area (Å²) in [5, 5.41) is -0.406. The second-order valence-electron chi connectivity index (χ2n) is 8.66. The highest BCUT2D eigenvalue weighted by Crippen LogP contribution is 2.39. The molecule has 1 fully saturated rings. The molecule has 40 heavy (non-hydrogen) atoms. The van der Waals surface area contributed by atoms with Gasteiger partial charge in [0.15, 0.2) is 23.9 Å². The maximum Gasteiger partial charge on any atom is 0.416 e. The monoisotopic (exact) mass is 625 g/mol. The number of aromatic nitrogens is 1. The van der Waals surface area contributed by atoms with Crippen LogP contribution in [0.5, 0.6) is 11.5 Å². The lowest BCUT2D eigenvalue weighted by atomic mass is 10.0. The smallest absolute Gasteiger partial charge is 0.416 e. The first kappa shape index (κ1) is 31.7. The molecule has 0 unspecified atom stereocenters. The molecule has 4 rings (SSSR count). The molecule has 3 aromatic rings. The first-order valence-corrected chi connectivity index (χ1v) is 13.2. The fourth-order valence-corrected chi connectivity index (χ4v) is 4.80. The molecule has 1 aliphatic carbocycles. The third kappa shape index (κ3) is 8.85. The van der Waals surface area contributed by atoms with E-state index in [1.54, 1.807) is 0 Å². The molecule has 2 aromatic carbocycles. The second-order valence-corrected chi connectivity index (χ2v) is 10.5. The van der Waals surface area contributed by atoms with Gasteiger partial charge in [-0.1, -0.05) is 35.3 Å². The maximum absolute atomic E-state index is 13.1. The number of nitrogens with one attached hydrogen (secondary N) is 1. The van der Waals surface area contributed by atoms with Gasteiger partial charge in [-0.2, -0.15) is 22.0 Å². The molecule has 0 amide bonds. The summed E-state index contributed by atoms with van der Waals surface area (Å²) in [6.45, 7) is -2.79. The summed E-state index contributed by atoms with van der Waals surface area (Å²) in [5.41, 5.74) is -0.143. The van der Waals surface area contributed by atoms with E-state index in [1.165, 1.54) is 42.7 Å². The van der Waals surface area contributed by atoms with E-state index < -0.39 is 29.8 Å². The highest BCUT2D eigenvalue weighted by atomic mass is 35.5. The highest BCUT2D eigenvalue weighted by molar-refractivity contribution is 8.13. The minimum atomic E-state index is -4.58. The zero-order valence-electron chi connectivity index (χ0n) is 20.4. The van der Waals surface area contributed by atoms with Crippen LogP contribution in [-0.4, -0.2) is 24.0 Å². The highest BCUT2D eigenvalue weighted by Gasteiger charge is 2.31. The number of thioether (sulfide) groups is 1. The van der Waals surface area contributed by atoms with E-state index in [4.69, 9.17) is 32.7 Å². The summed E-state index contributed by atoms with van der Waals surface area (Å²) in [4.78, 5) is 15.7. The molecule has 2 N–H and O–H groups in total. The Hall–Kier alpha value is -2.80. The van der Waals surface area contributed by atoms with Gasteiger partial charge in [-0.15, -0.1) is 0 Å². The van der Waals surface area contributed by atoms with E-state index in [-0.39, 0.29) is 38.3 Å². The van der Waals surface area contributed by atoms with E-state index in [9.17, 15) is 26.7 Å². The van der Waals surface area contributed by atoms with Gasteiger partial charge >= 0.3 is 18.1 Å². The number of hydrogen-bond donors (Lipinski definition) is 0. The number of H-pyrrole nitrogens is 1. The van der Waals surface area contributed by atoms with Gasteiger partial charge in [0.2, 0.25) is 0 Å². The van der Waals surface area contributed by atoms with Crippen LogP contribution in [-0.2, 0) is 17.3 Å². The van der Waals surface area contributed by atoms with Crippen molar-refractivity contribution in [1.82, 2.24) is 0 Å². The molecule has 1 saturated carbocycles. The Bertz CT molecular complexity index is 1310. The molecule has 0 radical (unpaired) electrons. The Kier molecular flexibility index (Phi) is 10.9. The van der Waals surface area contributed by atoms with Crippen LogP contribution in [0.1, 0.15) is 35.6 Å². The van der Waals surface area contributed by atoms with Crippen LogP contribution in [0.25, 0.3) is 0 Å². The van der Waals surface area contributed by atoms with Crippen LogP contribution in [0.2, 0.25) is 10.0 Å². The lowest BCUT2D eigenvalue weighted by Crippen LogP contribution is -2.14. The molecule has 0 aliphatic heterocycles. The number of carbonyl (C=O) groups is 1. The summed E-state index contributed by atoms with van der Waals surface area (Å²) in [6.07, 6.45) is -0.805. The largest absolute Gasteiger partial charge is 0.870 e. The molecule has 216 valence electrons. The number of carbonyl (C=O) groups excluding carboxylic acids is 1. The third-order valence-corrected chi connectivity index (χ3v) is 7.14. The summed E-state index contributed by atoms with van der Waals surface area (Å²) in [7, 11) is 0. The van der Waals surface area contributed by atoms with Crippen molar-refractivity contribution in [3.05, 3.63) is 81.6 Å². The molecular weight excluding hydrogens is 604 g/mol. The number of rotatable bonds is 10. The molecule has 1 heterocycles. The fraction of sp³-hybridized carbons (Fsp3) is 0.308. The molecule has 0 bridgehead atoms. The third-order valence-electron chi connectivity index (χ3n) is 5.71. The second kappa shape index (κ2) is 13.7. The van der Waals surface area contributed by atoms with Crippen LogP contribution >= 0.6 is 35.0 Å². The number of aromatic amines is 1. The summed E-state index contributed by atoms with van der Waals surface area (Å²) < 4.78 is 81.2. The zero-order valence-corrected chi connectivity index (χ0v) is 22.7. The molecule has 1 aliphatic rings. The van der Waals surface area contributed by atoms with Crippen molar-refractivity contribution in [1.29, 1.82) is 0 Å². The van der Waals surface area contributed by atoms with Gasteiger partial charge in [-0.05, 0) is 66.4 Å². The molecule has 1 atom stereocenters. The molecular formula is C26H22Cl2F5NO5S. The van der Waals surface area contributed by atoms with Crippen molar-refractivity contribution in [2.75, 3.05) is 6.61 Å². The fourth-order valence-electron chi connectivity index (χ4n) is 3.58. The van der Waals surface area contributed by atoms with Crippen molar-refractivity contribution in [3.8, 4) is 11.5 Å². The van der Waals surface area contributed by atoms with Crippen molar-refractivity contribution in [2.24, 2.45) is 5.92 Å². The lowest BCUT2D eigenvalue weighted by Gasteiger charge is -2.21. The quantitative estimate of drug-likeness (QED) is 0.128. The average Bonchev–Trinajstić information content (AvgIpc) is 3.69. The molecule has 14 heteroatoms. The Morgan fingerprint density at radius 3 is 2.38 bits per heavy atom. The van der Waals surface area contributed by atoms with Crippen LogP contribution in [0, 0.1) is 5.92 Å². The number of hydrogen-bond acceptors (Lipinski definition) is 6. The number of benzene rings is 2. The number of alkyl halides is 5. The van der Waals surface area contributed by atoms with Gasteiger partial charge in [0.05, 0.1) is 12.2 Å². The number of ether oxygens (including phenoxy) is 3. The number of pyridine rings is 1. The Balaban J connectivity index is 0.00000441. The minimum Gasteiger partial charge on any atom is -0.870 e. The average molecular weight is 626 g/mol. The summed E-state index contributed by atoms with van der Waals surface area (Å²) in [6, 6.07) is 8.36. The summed E-state index contributed by atoms with van der Waals surface area (Å²) in [5.74, 6) is 0.150. The standard InChI is InChI=1S/C26H20Cl2F5NO4S.H2O/c27-19-11-34-12-20(28)18(19)10-22(38-25(35)39-17-3-1-2-16(9-17)26(31,32)33)15-6-7-21(37-24(29)30)23(8-15)36-13-14-4-5-14;/h1-3,6-9,11-12,14,22,24H,4-5,10,13H2;1H2/t22-;/m0./s1. The van der Waals surface area contributed by atoms with Gasteiger partial charge in [0.1, 0.15) is 16.1 Å². The van der Waals surface area contributed by atoms with Gasteiger partial charge < -0.3 is 19.7 Å². The van der Waals surface area contributed by atoms with Gasteiger partial charge in [-0.25, -0.2) is 9.78 Å². The maximum atomic E-state index is 13.1. The Labute approximate surface area is 240 Å². The van der Waals surface area contributed by atoms with E-state index in [2.05, 4.69) is 9.72 Å². The van der Waals surface area contributed by atoms with Crippen molar-refractivity contribution in [3.63, 3.8) is 0 Å². The minimum absolute atomic E-state index is 0. The van der Waals surface area contributed by atoms with Crippen LogP contribution in [0.15, 0.2) is 59.8 Å². The topological polar surface area (TPSA) is 88.9 Å².